The van der Waals surface area contributed by atoms with Gasteiger partial charge in [-0.15, -0.1) is 0 Å². The maximum atomic E-state index is 11.9. The number of amides is 1. The lowest BCUT2D eigenvalue weighted by Gasteiger charge is -2.01. The van der Waals surface area contributed by atoms with Gasteiger partial charge in [-0.2, -0.15) is 0 Å². The number of rotatable bonds is 4. The number of aryl methyl sites for hydroxylation is 1. The van der Waals surface area contributed by atoms with E-state index in [0.717, 1.165) is 5.39 Å². The molecule has 0 saturated heterocycles. The van der Waals surface area contributed by atoms with Crippen molar-refractivity contribution in [1.29, 1.82) is 0 Å². The predicted molar refractivity (Wildman–Crippen MR) is 70.5 cm³/mol. The molecule has 1 aromatic carbocycles. The number of halogens is 1. The van der Waals surface area contributed by atoms with Crippen molar-refractivity contribution in [3.8, 4) is 0 Å². The van der Waals surface area contributed by atoms with E-state index in [-0.39, 0.29) is 18.7 Å². The first-order valence-corrected chi connectivity index (χ1v) is 6.05. The quantitative estimate of drug-likeness (QED) is 0.903. The summed E-state index contributed by atoms with van der Waals surface area (Å²) in [4.78, 5) is 22.2. The van der Waals surface area contributed by atoms with E-state index in [4.69, 9.17) is 21.1 Å². The van der Waals surface area contributed by atoms with Gasteiger partial charge in [-0.1, -0.05) is 11.6 Å². The lowest BCUT2D eigenvalue weighted by atomic mass is 10.1. The Balaban J connectivity index is 2.22. The SMILES string of the molecule is Cc1c(C(=O)NCCC(=O)O)oc2ccc(Cl)cc12. The van der Waals surface area contributed by atoms with Crippen LogP contribution in [0.25, 0.3) is 11.0 Å². The van der Waals surface area contributed by atoms with Crippen LogP contribution in [0.4, 0.5) is 0 Å². The van der Waals surface area contributed by atoms with E-state index in [0.29, 0.717) is 16.2 Å². The van der Waals surface area contributed by atoms with Crippen LogP contribution in [0.15, 0.2) is 22.6 Å². The van der Waals surface area contributed by atoms with Crippen LogP contribution in [-0.4, -0.2) is 23.5 Å². The molecule has 0 spiro atoms. The Kier molecular flexibility index (Phi) is 3.76. The van der Waals surface area contributed by atoms with Gasteiger partial charge in [0, 0.05) is 22.5 Å². The van der Waals surface area contributed by atoms with Gasteiger partial charge in [-0.25, -0.2) is 0 Å². The summed E-state index contributed by atoms with van der Waals surface area (Å²) in [6.07, 6.45) is -0.128. The summed E-state index contributed by atoms with van der Waals surface area (Å²) in [6.45, 7) is 1.82. The predicted octanol–water partition coefficient (Wildman–Crippen LogP) is 2.60. The Morgan fingerprint density at radius 3 is 2.84 bits per heavy atom. The molecule has 1 heterocycles. The summed E-state index contributed by atoms with van der Waals surface area (Å²) < 4.78 is 5.46. The van der Waals surface area contributed by atoms with Gasteiger partial charge in [0.2, 0.25) is 0 Å². The second-order valence-corrected chi connectivity index (χ2v) is 4.53. The smallest absolute Gasteiger partial charge is 0.305 e. The zero-order valence-corrected chi connectivity index (χ0v) is 11.0. The second-order valence-electron chi connectivity index (χ2n) is 4.10. The van der Waals surface area contributed by atoms with Crippen molar-refractivity contribution in [2.24, 2.45) is 0 Å². The highest BCUT2D eigenvalue weighted by Gasteiger charge is 2.17. The van der Waals surface area contributed by atoms with E-state index in [1.165, 1.54) is 0 Å². The normalized spacial score (nSPS) is 10.6. The van der Waals surface area contributed by atoms with Crippen molar-refractivity contribution in [1.82, 2.24) is 5.32 Å². The lowest BCUT2D eigenvalue weighted by Crippen LogP contribution is -2.26. The zero-order valence-electron chi connectivity index (χ0n) is 10.2. The molecule has 0 fully saturated rings. The Morgan fingerprint density at radius 2 is 2.16 bits per heavy atom. The third-order valence-corrected chi connectivity index (χ3v) is 2.96. The van der Waals surface area contributed by atoms with Gasteiger partial charge < -0.3 is 14.8 Å². The van der Waals surface area contributed by atoms with Crippen LogP contribution in [-0.2, 0) is 4.79 Å². The number of aliphatic carboxylic acids is 1. The van der Waals surface area contributed by atoms with Gasteiger partial charge >= 0.3 is 5.97 Å². The summed E-state index contributed by atoms with van der Waals surface area (Å²) in [5, 5.41) is 12.3. The number of benzene rings is 1. The van der Waals surface area contributed by atoms with E-state index in [2.05, 4.69) is 5.32 Å². The van der Waals surface area contributed by atoms with Crippen LogP contribution >= 0.6 is 11.6 Å². The fraction of sp³-hybridized carbons (Fsp3) is 0.231. The molecular weight excluding hydrogens is 270 g/mol. The summed E-state index contributed by atoms with van der Waals surface area (Å²) in [6, 6.07) is 5.10. The standard InChI is InChI=1S/C13H12ClNO4/c1-7-9-6-8(14)2-3-10(9)19-12(7)13(18)15-5-4-11(16)17/h2-3,6H,4-5H2,1H3,(H,15,18)(H,16,17). The molecular formula is C13H12ClNO4. The molecule has 0 radical (unpaired) electrons. The summed E-state index contributed by atoms with van der Waals surface area (Å²) in [5.41, 5.74) is 1.26. The summed E-state index contributed by atoms with van der Waals surface area (Å²) >= 11 is 5.89. The van der Waals surface area contributed by atoms with Gasteiger partial charge in [-0.05, 0) is 25.1 Å². The highest BCUT2D eigenvalue weighted by Crippen LogP contribution is 2.27. The van der Waals surface area contributed by atoms with Crippen LogP contribution in [0.5, 0.6) is 0 Å². The minimum atomic E-state index is -0.964. The van der Waals surface area contributed by atoms with Crippen LogP contribution in [0.2, 0.25) is 5.02 Å². The van der Waals surface area contributed by atoms with Crippen molar-refractivity contribution in [3.63, 3.8) is 0 Å². The fourth-order valence-corrected chi connectivity index (χ4v) is 1.95. The fourth-order valence-electron chi connectivity index (χ4n) is 1.77. The Hall–Kier alpha value is -2.01. The average Bonchev–Trinajstić information content (AvgIpc) is 2.66. The van der Waals surface area contributed by atoms with Crippen LogP contribution in [0.3, 0.4) is 0 Å². The zero-order chi connectivity index (χ0) is 14.0. The van der Waals surface area contributed by atoms with Crippen molar-refractivity contribution in [2.75, 3.05) is 6.54 Å². The first-order chi connectivity index (χ1) is 8.99. The number of furan rings is 1. The monoisotopic (exact) mass is 281 g/mol. The minimum Gasteiger partial charge on any atom is -0.481 e. The number of hydrogen-bond acceptors (Lipinski definition) is 3. The lowest BCUT2D eigenvalue weighted by molar-refractivity contribution is -0.136. The molecule has 2 aromatic rings. The third-order valence-electron chi connectivity index (χ3n) is 2.73. The highest BCUT2D eigenvalue weighted by molar-refractivity contribution is 6.31. The molecule has 0 atom stereocenters. The van der Waals surface area contributed by atoms with E-state index in [1.54, 1.807) is 25.1 Å². The molecule has 1 amide bonds. The molecule has 19 heavy (non-hydrogen) atoms. The largest absolute Gasteiger partial charge is 0.481 e. The van der Waals surface area contributed by atoms with E-state index in [9.17, 15) is 9.59 Å². The van der Waals surface area contributed by atoms with Crippen molar-refractivity contribution >= 4 is 34.4 Å². The second kappa shape index (κ2) is 5.32. The van der Waals surface area contributed by atoms with E-state index in [1.807, 2.05) is 0 Å². The highest BCUT2D eigenvalue weighted by atomic mass is 35.5. The maximum Gasteiger partial charge on any atom is 0.305 e. The number of carbonyl (C=O) groups excluding carboxylic acids is 1. The topological polar surface area (TPSA) is 79.5 Å². The van der Waals surface area contributed by atoms with Crippen molar-refractivity contribution < 1.29 is 19.1 Å². The summed E-state index contributed by atoms with van der Waals surface area (Å²) in [5.74, 6) is -1.21. The van der Waals surface area contributed by atoms with E-state index >= 15 is 0 Å². The number of hydrogen-bond donors (Lipinski definition) is 2. The molecule has 0 unspecified atom stereocenters. The molecule has 2 N–H and O–H groups in total. The van der Waals surface area contributed by atoms with Gasteiger partial charge in [0.25, 0.3) is 5.91 Å². The van der Waals surface area contributed by atoms with Crippen LogP contribution in [0.1, 0.15) is 22.5 Å². The number of carboxylic acids is 1. The molecule has 5 nitrogen and oxygen atoms in total. The summed E-state index contributed by atoms with van der Waals surface area (Å²) in [7, 11) is 0. The van der Waals surface area contributed by atoms with Gasteiger partial charge in [-0.3, -0.25) is 9.59 Å². The molecule has 0 saturated carbocycles. The van der Waals surface area contributed by atoms with Crippen molar-refractivity contribution in [3.05, 3.63) is 34.5 Å². The molecule has 0 bridgehead atoms. The number of fused-ring (bicyclic) bond motifs is 1. The molecule has 0 aliphatic heterocycles. The number of nitrogens with one attached hydrogen (secondary N) is 1. The first kappa shape index (κ1) is 13.4. The first-order valence-electron chi connectivity index (χ1n) is 5.67. The maximum absolute atomic E-state index is 11.9. The molecule has 2 rings (SSSR count). The molecule has 6 heteroatoms. The van der Waals surface area contributed by atoms with E-state index < -0.39 is 11.9 Å². The Bertz CT molecular complexity index is 647. The van der Waals surface area contributed by atoms with Crippen LogP contribution in [0, 0.1) is 6.92 Å². The molecule has 1 aromatic heterocycles. The Morgan fingerprint density at radius 1 is 1.42 bits per heavy atom. The average molecular weight is 282 g/mol. The van der Waals surface area contributed by atoms with Gasteiger partial charge in [0.05, 0.1) is 6.42 Å². The van der Waals surface area contributed by atoms with Crippen molar-refractivity contribution in [2.45, 2.75) is 13.3 Å². The number of carbonyl (C=O) groups is 2. The minimum absolute atomic E-state index is 0.0609. The van der Waals surface area contributed by atoms with Crippen LogP contribution < -0.4 is 5.32 Å². The molecule has 100 valence electrons. The van der Waals surface area contributed by atoms with Gasteiger partial charge in [0.1, 0.15) is 5.58 Å². The molecule has 0 aliphatic carbocycles. The third kappa shape index (κ3) is 2.88. The molecule has 0 aliphatic rings. The number of carboxylic acid groups (broad SMARTS) is 1. The van der Waals surface area contributed by atoms with Gasteiger partial charge in [0.15, 0.2) is 5.76 Å². The Labute approximate surface area is 114 Å².